The molecule has 0 N–H and O–H groups in total. The van der Waals surface area contributed by atoms with Gasteiger partial charge in [0.1, 0.15) is 6.11 Å². The van der Waals surface area contributed by atoms with Crippen LogP contribution in [0.3, 0.4) is 0 Å². The number of ether oxygens (including phenoxy) is 2. The van der Waals surface area contributed by atoms with Gasteiger partial charge in [-0.15, -0.1) is 0 Å². The Balaban J connectivity index is 1.95. The Hall–Kier alpha value is -2.74. The Labute approximate surface area is 150 Å². The smallest absolute Gasteiger partial charge is 0.209 e. The molecule has 0 spiro atoms. The first-order valence-corrected chi connectivity index (χ1v) is 8.57. The third kappa shape index (κ3) is 3.45. The molecule has 0 atom stereocenters. The number of furan rings is 1. The first-order valence-electron chi connectivity index (χ1n) is 8.57. The Bertz CT molecular complexity index is 993. The highest BCUT2D eigenvalue weighted by molar-refractivity contribution is 6.06. The van der Waals surface area contributed by atoms with E-state index in [1.54, 1.807) is 25.1 Å². The first-order chi connectivity index (χ1) is 12.5. The van der Waals surface area contributed by atoms with Crippen molar-refractivity contribution in [3.05, 3.63) is 35.9 Å². The van der Waals surface area contributed by atoms with Gasteiger partial charge in [-0.1, -0.05) is 19.8 Å². The molecule has 0 unspecified atom stereocenters. The lowest BCUT2D eigenvalue weighted by atomic mass is 10.1. The van der Waals surface area contributed by atoms with Crippen LogP contribution in [0.1, 0.15) is 33.6 Å². The molecule has 3 aromatic rings. The van der Waals surface area contributed by atoms with Crippen molar-refractivity contribution in [1.82, 2.24) is 0 Å². The van der Waals surface area contributed by atoms with E-state index in [4.69, 9.17) is 13.9 Å². The zero-order valence-electron chi connectivity index (χ0n) is 15.0. The highest BCUT2D eigenvalue weighted by Gasteiger charge is 2.20. The van der Waals surface area contributed by atoms with Gasteiger partial charge in [0.05, 0.1) is 6.61 Å². The fourth-order valence-corrected chi connectivity index (χ4v) is 2.77. The molecular weight excluding hydrogens is 338 g/mol. The summed E-state index contributed by atoms with van der Waals surface area (Å²) in [4.78, 5) is 0. The van der Waals surface area contributed by atoms with Crippen molar-refractivity contribution in [1.29, 1.82) is 0 Å². The summed E-state index contributed by atoms with van der Waals surface area (Å²) in [5, 5.41) is 0.957. The Morgan fingerprint density at radius 1 is 1.00 bits per heavy atom. The van der Waals surface area contributed by atoms with Gasteiger partial charge in [-0.05, 0) is 43.0 Å². The number of hydrogen-bond donors (Lipinski definition) is 0. The highest BCUT2D eigenvalue weighted by Crippen LogP contribution is 2.37. The summed E-state index contributed by atoms with van der Waals surface area (Å²) in [7, 11) is 0. The highest BCUT2D eigenvalue weighted by atomic mass is 19.1. The average molecular weight is 358 g/mol. The molecule has 5 heteroatoms. The molecule has 3 rings (SSSR count). The number of halogens is 2. The van der Waals surface area contributed by atoms with Crippen LogP contribution in [-0.4, -0.2) is 6.61 Å². The molecular formula is C21H20F2O3. The van der Waals surface area contributed by atoms with Crippen LogP contribution in [0.25, 0.3) is 21.9 Å². The van der Waals surface area contributed by atoms with E-state index in [1.807, 2.05) is 0 Å². The van der Waals surface area contributed by atoms with Crippen molar-refractivity contribution in [2.45, 2.75) is 33.6 Å². The molecule has 0 aliphatic heterocycles. The van der Waals surface area contributed by atoms with Crippen LogP contribution < -0.4 is 9.47 Å². The summed E-state index contributed by atoms with van der Waals surface area (Å²) in [6, 6.07) is 6.30. The predicted octanol–water partition coefficient (Wildman–Crippen LogP) is 6.04. The number of rotatable bonds is 6. The molecule has 0 bridgehead atoms. The third-order valence-corrected chi connectivity index (χ3v) is 4.06. The minimum atomic E-state index is -0.708. The van der Waals surface area contributed by atoms with E-state index >= 15 is 0 Å². The molecule has 26 heavy (non-hydrogen) atoms. The van der Waals surface area contributed by atoms with Crippen LogP contribution in [0.15, 0.2) is 28.7 Å². The predicted molar refractivity (Wildman–Crippen MR) is 97.3 cm³/mol. The molecule has 0 radical (unpaired) electrons. The molecule has 0 aliphatic rings. The molecule has 0 aliphatic carbocycles. The van der Waals surface area contributed by atoms with Crippen molar-refractivity contribution >= 4 is 21.9 Å². The lowest BCUT2D eigenvalue weighted by Crippen LogP contribution is -2.01. The van der Waals surface area contributed by atoms with E-state index in [9.17, 15) is 8.78 Å². The Morgan fingerprint density at radius 3 is 2.23 bits per heavy atom. The summed E-state index contributed by atoms with van der Waals surface area (Å²) in [6.07, 6.45) is 4.17. The quantitative estimate of drug-likeness (QED) is 0.398. The van der Waals surface area contributed by atoms with Crippen LogP contribution in [0.2, 0.25) is 0 Å². The molecule has 1 heterocycles. The van der Waals surface area contributed by atoms with Gasteiger partial charge in [0.25, 0.3) is 0 Å². The van der Waals surface area contributed by atoms with Gasteiger partial charge in [0, 0.05) is 17.7 Å². The summed E-state index contributed by atoms with van der Waals surface area (Å²) < 4.78 is 45.3. The summed E-state index contributed by atoms with van der Waals surface area (Å²) in [5.41, 5.74) is -0.0924. The number of fused-ring (bicyclic) bond motifs is 3. The van der Waals surface area contributed by atoms with Gasteiger partial charge in [-0.3, -0.25) is 0 Å². The van der Waals surface area contributed by atoms with Crippen molar-refractivity contribution < 1.29 is 22.7 Å². The van der Waals surface area contributed by atoms with Gasteiger partial charge < -0.3 is 13.9 Å². The second-order valence-electron chi connectivity index (χ2n) is 6.45. The van der Waals surface area contributed by atoms with Crippen LogP contribution >= 0.6 is 0 Å². The zero-order chi connectivity index (χ0) is 18.7. The molecule has 2 aromatic carbocycles. The zero-order valence-corrected chi connectivity index (χ0v) is 15.0. The maximum atomic E-state index is 14.7. The maximum absolute atomic E-state index is 14.7. The lowest BCUT2D eigenvalue weighted by molar-refractivity contribution is 0.284. The van der Waals surface area contributed by atoms with Crippen LogP contribution in [0.5, 0.6) is 11.5 Å². The topological polar surface area (TPSA) is 31.6 Å². The minimum absolute atomic E-state index is 0.0287. The van der Waals surface area contributed by atoms with Gasteiger partial charge in [-0.2, -0.15) is 8.78 Å². The molecule has 0 amide bonds. The van der Waals surface area contributed by atoms with Gasteiger partial charge in [0.15, 0.2) is 22.7 Å². The molecule has 136 valence electrons. The largest absolute Gasteiger partial charge is 0.490 e. The molecule has 3 nitrogen and oxygen atoms in total. The normalized spacial score (nSPS) is 11.0. The maximum Gasteiger partial charge on any atom is 0.209 e. The van der Waals surface area contributed by atoms with E-state index in [0.717, 1.165) is 12.8 Å². The van der Waals surface area contributed by atoms with Gasteiger partial charge in [0.2, 0.25) is 11.6 Å². The lowest BCUT2D eigenvalue weighted by Gasteiger charge is -2.08. The molecule has 0 fully saturated rings. The van der Waals surface area contributed by atoms with E-state index in [2.05, 4.69) is 25.9 Å². The van der Waals surface area contributed by atoms with Crippen LogP contribution in [0.4, 0.5) is 8.78 Å². The number of benzene rings is 2. The molecule has 1 aromatic heterocycles. The first kappa shape index (κ1) is 18.1. The molecule has 0 saturated heterocycles. The van der Waals surface area contributed by atoms with Gasteiger partial charge >= 0.3 is 0 Å². The second kappa shape index (κ2) is 7.65. The second-order valence-corrected chi connectivity index (χ2v) is 6.45. The van der Waals surface area contributed by atoms with Gasteiger partial charge in [-0.25, -0.2) is 0 Å². The Morgan fingerprint density at radius 2 is 1.62 bits per heavy atom. The SMILES string of the molecule is CC#COc1ccc2c(oc3c(F)c(OCCCC(C)C)ccc32)c1F. The standard InChI is InChI=1S/C21H20F2O3/c1-4-11-24-16-9-7-14-15-8-10-17(25-12-5-6-13(2)3)19(23)21(15)26-20(14)18(16)22/h7-10,13H,5-6,12H2,1-3H3. The van der Waals surface area contributed by atoms with E-state index in [1.165, 1.54) is 6.07 Å². The fourth-order valence-electron chi connectivity index (χ4n) is 2.77. The van der Waals surface area contributed by atoms with Crippen molar-refractivity contribution in [3.8, 4) is 23.5 Å². The van der Waals surface area contributed by atoms with Crippen LogP contribution in [0, 0.1) is 29.6 Å². The van der Waals surface area contributed by atoms with Crippen molar-refractivity contribution in [2.75, 3.05) is 6.61 Å². The monoisotopic (exact) mass is 358 g/mol. The Kier molecular flexibility index (Phi) is 5.32. The van der Waals surface area contributed by atoms with Crippen molar-refractivity contribution in [2.24, 2.45) is 5.92 Å². The number of hydrogen-bond acceptors (Lipinski definition) is 3. The third-order valence-electron chi connectivity index (χ3n) is 4.06. The summed E-state index contributed by atoms with van der Waals surface area (Å²) >= 11 is 0. The van der Waals surface area contributed by atoms with E-state index in [0.29, 0.717) is 23.3 Å². The van der Waals surface area contributed by atoms with Crippen LogP contribution in [-0.2, 0) is 0 Å². The van der Waals surface area contributed by atoms with E-state index in [-0.39, 0.29) is 22.7 Å². The molecule has 0 saturated carbocycles. The summed E-state index contributed by atoms with van der Waals surface area (Å²) in [5.74, 6) is 1.80. The minimum Gasteiger partial charge on any atom is -0.490 e. The van der Waals surface area contributed by atoms with E-state index < -0.39 is 11.6 Å². The fraction of sp³-hybridized carbons (Fsp3) is 0.333. The summed E-state index contributed by atoms with van der Waals surface area (Å²) in [6.45, 7) is 6.25. The average Bonchev–Trinajstić information content (AvgIpc) is 3.00. The van der Waals surface area contributed by atoms with Crippen molar-refractivity contribution in [3.63, 3.8) is 0 Å².